The highest BCUT2D eigenvalue weighted by Crippen LogP contribution is 2.26. The first-order valence-corrected chi connectivity index (χ1v) is 6.32. The van der Waals surface area contributed by atoms with E-state index in [1.165, 1.54) is 12.1 Å². The number of nitrogens with zero attached hydrogens (tertiary/aromatic N) is 1. The molecule has 3 N–H and O–H groups in total. The third-order valence-corrected chi connectivity index (χ3v) is 3.60. The molecule has 1 amide bonds. The minimum absolute atomic E-state index is 0.0967. The smallest absolute Gasteiger partial charge is 0.321 e. The van der Waals surface area contributed by atoms with Gasteiger partial charge < -0.3 is 20.7 Å². The molecule has 0 aromatic carbocycles. The van der Waals surface area contributed by atoms with Crippen LogP contribution in [0.4, 0.5) is 5.82 Å². The van der Waals surface area contributed by atoms with Gasteiger partial charge in [-0.1, -0.05) is 6.92 Å². The van der Waals surface area contributed by atoms with Crippen molar-refractivity contribution in [1.82, 2.24) is 15.6 Å². The molecule has 7 heteroatoms. The van der Waals surface area contributed by atoms with Crippen LogP contribution in [-0.2, 0) is 0 Å². The lowest BCUT2D eigenvalue weighted by Gasteiger charge is -2.33. The zero-order valence-electron chi connectivity index (χ0n) is 10.9. The van der Waals surface area contributed by atoms with Crippen LogP contribution >= 0.6 is 0 Å². The maximum Gasteiger partial charge on any atom is 0.321 e. The van der Waals surface area contributed by atoms with Gasteiger partial charge in [-0.15, -0.1) is 0 Å². The number of carbonyl (C=O) groups is 1. The Hall–Kier alpha value is -1.89. The molecular formula is C12H18N4O3. The van der Waals surface area contributed by atoms with Gasteiger partial charge in [-0.2, -0.15) is 0 Å². The molecular weight excluding hydrogens is 248 g/mol. The van der Waals surface area contributed by atoms with E-state index < -0.39 is 4.92 Å². The monoisotopic (exact) mass is 266 g/mol. The lowest BCUT2D eigenvalue weighted by molar-refractivity contribution is -0.389. The normalized spacial score (nSPS) is 17.9. The first-order chi connectivity index (χ1) is 9.00. The Labute approximate surface area is 110 Å². The first kappa shape index (κ1) is 13.5. The van der Waals surface area contributed by atoms with Crippen molar-refractivity contribution in [1.29, 1.82) is 0 Å². The van der Waals surface area contributed by atoms with Gasteiger partial charge in [0, 0.05) is 12.6 Å². The van der Waals surface area contributed by atoms with Gasteiger partial charge in [-0.25, -0.2) is 4.98 Å². The number of piperidine rings is 1. The molecule has 0 aliphatic carbocycles. The van der Waals surface area contributed by atoms with E-state index in [1.807, 2.05) is 0 Å². The van der Waals surface area contributed by atoms with Crippen LogP contribution in [0.25, 0.3) is 0 Å². The summed E-state index contributed by atoms with van der Waals surface area (Å²) < 4.78 is 0. The quantitative estimate of drug-likeness (QED) is 0.560. The van der Waals surface area contributed by atoms with Crippen LogP contribution in [0.1, 0.15) is 30.3 Å². The number of amides is 1. The van der Waals surface area contributed by atoms with Crippen molar-refractivity contribution in [2.45, 2.75) is 19.8 Å². The summed E-state index contributed by atoms with van der Waals surface area (Å²) in [6.45, 7) is 4.65. The number of aromatic nitrogens is 1. The number of aromatic amines is 1. The van der Waals surface area contributed by atoms with E-state index in [9.17, 15) is 14.9 Å². The summed E-state index contributed by atoms with van der Waals surface area (Å²) in [5, 5.41) is 16.7. The summed E-state index contributed by atoms with van der Waals surface area (Å²) in [6, 6.07) is 2.72. The van der Waals surface area contributed by atoms with Gasteiger partial charge in [0.1, 0.15) is 0 Å². The van der Waals surface area contributed by atoms with Crippen LogP contribution in [0, 0.1) is 15.5 Å². The van der Waals surface area contributed by atoms with Crippen LogP contribution in [0.5, 0.6) is 0 Å². The highest BCUT2D eigenvalue weighted by molar-refractivity contribution is 5.92. The molecule has 0 bridgehead atoms. The predicted octanol–water partition coefficient (Wildman–Crippen LogP) is 1.04. The molecule has 2 heterocycles. The number of nitro groups is 1. The van der Waals surface area contributed by atoms with Crippen molar-refractivity contribution in [3.63, 3.8) is 0 Å². The second-order valence-corrected chi connectivity index (χ2v) is 5.26. The Morgan fingerprint density at radius 2 is 2.16 bits per heavy atom. The van der Waals surface area contributed by atoms with Gasteiger partial charge in [0.05, 0.1) is 0 Å². The number of carbonyl (C=O) groups excluding carboxylic acids is 1. The van der Waals surface area contributed by atoms with Crippen molar-refractivity contribution in [2.24, 2.45) is 5.41 Å². The molecule has 0 unspecified atom stereocenters. The molecule has 0 spiro atoms. The second kappa shape index (κ2) is 5.40. The molecule has 7 nitrogen and oxygen atoms in total. The van der Waals surface area contributed by atoms with Crippen LogP contribution in [0.3, 0.4) is 0 Å². The molecule has 1 fully saturated rings. The van der Waals surface area contributed by atoms with Gasteiger partial charge in [0.25, 0.3) is 5.91 Å². The molecule has 1 saturated heterocycles. The van der Waals surface area contributed by atoms with Crippen molar-refractivity contribution in [2.75, 3.05) is 19.6 Å². The van der Waals surface area contributed by atoms with E-state index in [1.54, 1.807) is 0 Å². The van der Waals surface area contributed by atoms with E-state index in [-0.39, 0.29) is 22.8 Å². The predicted molar refractivity (Wildman–Crippen MR) is 70.0 cm³/mol. The van der Waals surface area contributed by atoms with E-state index >= 15 is 0 Å². The van der Waals surface area contributed by atoms with Crippen LogP contribution < -0.4 is 10.6 Å². The maximum atomic E-state index is 11.9. The maximum absolute atomic E-state index is 11.9. The van der Waals surface area contributed by atoms with Crippen LogP contribution in [0.15, 0.2) is 12.1 Å². The second-order valence-electron chi connectivity index (χ2n) is 5.26. The number of rotatable bonds is 4. The zero-order chi connectivity index (χ0) is 13.9. The summed E-state index contributed by atoms with van der Waals surface area (Å²) >= 11 is 0. The SMILES string of the molecule is CC1(CNC(=O)c2ccc([N+](=O)[O-])[nH]2)CCNCC1. The third-order valence-electron chi connectivity index (χ3n) is 3.60. The molecule has 0 saturated carbocycles. The average Bonchev–Trinajstić information content (AvgIpc) is 2.87. The summed E-state index contributed by atoms with van der Waals surface area (Å²) in [7, 11) is 0. The molecule has 104 valence electrons. The molecule has 0 radical (unpaired) electrons. The largest absolute Gasteiger partial charge is 0.358 e. The topological polar surface area (TPSA) is 100 Å². The first-order valence-electron chi connectivity index (χ1n) is 6.32. The van der Waals surface area contributed by atoms with Gasteiger partial charge >= 0.3 is 5.82 Å². The minimum Gasteiger partial charge on any atom is -0.358 e. The molecule has 1 aliphatic rings. The fourth-order valence-electron chi connectivity index (χ4n) is 2.22. The Morgan fingerprint density at radius 3 is 2.74 bits per heavy atom. The van der Waals surface area contributed by atoms with E-state index in [2.05, 4.69) is 22.5 Å². The van der Waals surface area contributed by atoms with Crippen molar-refractivity contribution in [3.8, 4) is 0 Å². The zero-order valence-corrected chi connectivity index (χ0v) is 10.9. The summed E-state index contributed by atoms with van der Waals surface area (Å²) in [5.74, 6) is -0.467. The minimum atomic E-state index is -0.551. The van der Waals surface area contributed by atoms with Gasteiger partial charge in [-0.05, 0) is 42.3 Å². The summed E-state index contributed by atoms with van der Waals surface area (Å²) in [6.07, 6.45) is 2.02. The molecule has 0 atom stereocenters. The van der Waals surface area contributed by atoms with Gasteiger partial charge in [0.15, 0.2) is 5.69 Å². The van der Waals surface area contributed by atoms with Gasteiger partial charge in [0.2, 0.25) is 0 Å². The molecule has 2 rings (SSSR count). The third kappa shape index (κ3) is 3.31. The fourth-order valence-corrected chi connectivity index (χ4v) is 2.22. The Kier molecular flexibility index (Phi) is 3.84. The average molecular weight is 266 g/mol. The number of hydrogen-bond donors (Lipinski definition) is 3. The number of hydrogen-bond acceptors (Lipinski definition) is 4. The van der Waals surface area contributed by atoms with E-state index in [0.717, 1.165) is 25.9 Å². The van der Waals surface area contributed by atoms with Crippen LogP contribution in [0.2, 0.25) is 0 Å². The summed E-state index contributed by atoms with van der Waals surface area (Å²) in [5.41, 5.74) is 0.323. The van der Waals surface area contributed by atoms with Crippen molar-refractivity contribution < 1.29 is 9.72 Å². The highest BCUT2D eigenvalue weighted by Gasteiger charge is 2.27. The van der Waals surface area contributed by atoms with Crippen LogP contribution in [-0.4, -0.2) is 35.4 Å². The Morgan fingerprint density at radius 1 is 1.47 bits per heavy atom. The lowest BCUT2D eigenvalue weighted by Crippen LogP contribution is -2.42. The van der Waals surface area contributed by atoms with E-state index in [4.69, 9.17) is 0 Å². The highest BCUT2D eigenvalue weighted by atomic mass is 16.6. The lowest BCUT2D eigenvalue weighted by atomic mass is 9.81. The molecule has 1 aromatic heterocycles. The molecule has 1 aromatic rings. The molecule has 19 heavy (non-hydrogen) atoms. The Balaban J connectivity index is 1.91. The van der Waals surface area contributed by atoms with E-state index in [0.29, 0.717) is 6.54 Å². The standard InChI is InChI=1S/C12H18N4O3/c1-12(4-6-13-7-5-12)8-14-11(17)9-2-3-10(15-9)16(18)19/h2-3,13,15H,4-8H2,1H3,(H,14,17). The van der Waals surface area contributed by atoms with Gasteiger partial charge in [-0.3, -0.25) is 4.79 Å². The Bertz CT molecular complexity index is 477. The number of nitrogens with one attached hydrogen (secondary N) is 3. The van der Waals surface area contributed by atoms with Crippen molar-refractivity contribution in [3.05, 3.63) is 27.9 Å². The number of H-pyrrole nitrogens is 1. The molecule has 1 aliphatic heterocycles. The fraction of sp³-hybridized carbons (Fsp3) is 0.583. The summed E-state index contributed by atoms with van der Waals surface area (Å²) in [4.78, 5) is 24.4. The van der Waals surface area contributed by atoms with Crippen molar-refractivity contribution >= 4 is 11.7 Å².